The Hall–Kier alpha value is -2.02. The zero-order chi connectivity index (χ0) is 14.2. The number of anilines is 1. The minimum Gasteiger partial charge on any atom is -0.477 e. The maximum Gasteiger partial charge on any atom is 0.341 e. The summed E-state index contributed by atoms with van der Waals surface area (Å²) in [6, 6.07) is 4.05. The normalized spacial score (nSPS) is 10.5. The zero-order valence-corrected chi connectivity index (χ0v) is 11.4. The van der Waals surface area contributed by atoms with Gasteiger partial charge in [0.1, 0.15) is 17.2 Å². The number of carbonyl (C=O) groups is 1. The van der Waals surface area contributed by atoms with Gasteiger partial charge >= 0.3 is 5.97 Å². The van der Waals surface area contributed by atoms with E-state index in [9.17, 15) is 9.18 Å². The van der Waals surface area contributed by atoms with E-state index in [1.165, 1.54) is 25.1 Å². The van der Waals surface area contributed by atoms with Crippen LogP contribution in [0.4, 0.5) is 10.2 Å². The summed E-state index contributed by atoms with van der Waals surface area (Å²) in [6.45, 7) is 1.51. The first-order valence-electron chi connectivity index (χ1n) is 5.23. The first kappa shape index (κ1) is 13.4. The minimum atomic E-state index is -1.19. The molecule has 1 aromatic heterocycles. The SMILES string of the molecule is Cc1nc(-c2cc(F)ccc2Br)nc(N)c1C(=O)O. The third kappa shape index (κ3) is 2.55. The van der Waals surface area contributed by atoms with Gasteiger partial charge in [-0.1, -0.05) is 15.9 Å². The summed E-state index contributed by atoms with van der Waals surface area (Å²) in [5, 5.41) is 8.98. The Labute approximate surface area is 116 Å². The van der Waals surface area contributed by atoms with Crippen LogP contribution < -0.4 is 5.73 Å². The Morgan fingerprint density at radius 1 is 1.42 bits per heavy atom. The highest BCUT2D eigenvalue weighted by Gasteiger charge is 2.17. The Bertz CT molecular complexity index is 653. The van der Waals surface area contributed by atoms with Gasteiger partial charge in [-0.15, -0.1) is 0 Å². The van der Waals surface area contributed by atoms with E-state index >= 15 is 0 Å². The van der Waals surface area contributed by atoms with Crippen molar-refractivity contribution in [3.63, 3.8) is 0 Å². The second kappa shape index (κ2) is 4.93. The highest BCUT2D eigenvalue weighted by Crippen LogP contribution is 2.28. The molecule has 0 saturated heterocycles. The number of aromatic carboxylic acids is 1. The molecule has 0 aliphatic carbocycles. The van der Waals surface area contributed by atoms with Gasteiger partial charge in [-0.25, -0.2) is 19.2 Å². The molecule has 0 atom stereocenters. The van der Waals surface area contributed by atoms with Crippen LogP contribution in [0.25, 0.3) is 11.4 Å². The number of nitrogens with two attached hydrogens (primary N) is 1. The number of carboxylic acid groups (broad SMARTS) is 1. The Morgan fingerprint density at radius 3 is 2.68 bits per heavy atom. The molecule has 0 bridgehead atoms. The lowest BCUT2D eigenvalue weighted by Crippen LogP contribution is -2.10. The first-order chi connectivity index (χ1) is 8.90. The maximum atomic E-state index is 13.2. The molecule has 0 unspecified atom stereocenters. The van der Waals surface area contributed by atoms with E-state index in [2.05, 4.69) is 25.9 Å². The fourth-order valence-electron chi connectivity index (χ4n) is 1.65. The number of nitrogen functional groups attached to an aromatic ring is 1. The van der Waals surface area contributed by atoms with Crippen LogP contribution in [-0.2, 0) is 0 Å². The lowest BCUT2D eigenvalue weighted by Gasteiger charge is -2.08. The molecule has 0 aliphatic heterocycles. The van der Waals surface area contributed by atoms with Crippen LogP contribution in [0.15, 0.2) is 22.7 Å². The van der Waals surface area contributed by atoms with Crippen molar-refractivity contribution in [2.24, 2.45) is 0 Å². The minimum absolute atomic E-state index is 0.142. The number of benzene rings is 1. The topological polar surface area (TPSA) is 89.1 Å². The van der Waals surface area contributed by atoms with E-state index in [1.807, 2.05) is 0 Å². The number of carboxylic acids is 1. The maximum absolute atomic E-state index is 13.2. The second-order valence-electron chi connectivity index (χ2n) is 3.82. The summed E-state index contributed by atoms with van der Waals surface area (Å²) in [5.74, 6) is -1.61. The zero-order valence-electron chi connectivity index (χ0n) is 9.82. The molecule has 7 heteroatoms. The lowest BCUT2D eigenvalue weighted by molar-refractivity contribution is 0.0696. The van der Waals surface area contributed by atoms with Crippen molar-refractivity contribution in [1.82, 2.24) is 9.97 Å². The average Bonchev–Trinajstić information content (AvgIpc) is 2.30. The van der Waals surface area contributed by atoms with Crippen LogP contribution in [-0.4, -0.2) is 21.0 Å². The quantitative estimate of drug-likeness (QED) is 0.885. The summed E-state index contributed by atoms with van der Waals surface area (Å²) >= 11 is 3.26. The smallest absolute Gasteiger partial charge is 0.341 e. The number of hydrogen-bond acceptors (Lipinski definition) is 4. The van der Waals surface area contributed by atoms with Crippen LogP contribution in [0.3, 0.4) is 0 Å². The molecular weight excluding hydrogens is 317 g/mol. The highest BCUT2D eigenvalue weighted by atomic mass is 79.9. The fraction of sp³-hybridized carbons (Fsp3) is 0.0833. The molecule has 2 aromatic rings. The standard InChI is InChI=1S/C12H9BrFN3O2/c1-5-9(12(18)19)10(15)17-11(16-5)7-4-6(14)2-3-8(7)13/h2-4H,1H3,(H,18,19)(H2,15,16,17). The highest BCUT2D eigenvalue weighted by molar-refractivity contribution is 9.10. The van der Waals surface area contributed by atoms with Crippen LogP contribution in [0, 0.1) is 12.7 Å². The van der Waals surface area contributed by atoms with E-state index < -0.39 is 11.8 Å². The van der Waals surface area contributed by atoms with Crippen molar-refractivity contribution in [2.45, 2.75) is 6.92 Å². The number of nitrogens with zero attached hydrogens (tertiary/aromatic N) is 2. The van der Waals surface area contributed by atoms with Gasteiger partial charge in [-0.3, -0.25) is 0 Å². The monoisotopic (exact) mass is 325 g/mol. The van der Waals surface area contributed by atoms with Gasteiger partial charge in [0.2, 0.25) is 0 Å². The van der Waals surface area contributed by atoms with Gasteiger partial charge in [-0.05, 0) is 25.1 Å². The summed E-state index contributed by atoms with van der Waals surface area (Å²) in [5.41, 5.74) is 6.10. The summed E-state index contributed by atoms with van der Waals surface area (Å²) in [4.78, 5) is 19.0. The summed E-state index contributed by atoms with van der Waals surface area (Å²) in [6.07, 6.45) is 0. The van der Waals surface area contributed by atoms with Gasteiger partial charge < -0.3 is 10.8 Å². The van der Waals surface area contributed by atoms with Gasteiger partial charge in [0.05, 0.1) is 5.69 Å². The second-order valence-corrected chi connectivity index (χ2v) is 4.68. The van der Waals surface area contributed by atoms with Crippen molar-refractivity contribution in [2.75, 3.05) is 5.73 Å². The van der Waals surface area contributed by atoms with Crippen LogP contribution in [0.1, 0.15) is 16.1 Å². The Balaban J connectivity index is 2.65. The molecule has 0 fully saturated rings. The first-order valence-corrected chi connectivity index (χ1v) is 6.02. The van der Waals surface area contributed by atoms with Crippen molar-refractivity contribution in [1.29, 1.82) is 0 Å². The predicted octanol–water partition coefficient (Wildman–Crippen LogP) is 2.63. The van der Waals surface area contributed by atoms with Gasteiger partial charge in [0, 0.05) is 10.0 Å². The van der Waals surface area contributed by atoms with E-state index in [-0.39, 0.29) is 22.9 Å². The molecule has 0 radical (unpaired) electrons. The molecule has 2 rings (SSSR count). The third-order valence-electron chi connectivity index (χ3n) is 2.50. The fourth-order valence-corrected chi connectivity index (χ4v) is 2.07. The number of aromatic nitrogens is 2. The van der Waals surface area contributed by atoms with Crippen LogP contribution in [0.5, 0.6) is 0 Å². The summed E-state index contributed by atoms with van der Waals surface area (Å²) in [7, 11) is 0. The molecule has 5 nitrogen and oxygen atoms in total. The predicted molar refractivity (Wildman–Crippen MR) is 71.2 cm³/mol. The molecule has 0 aliphatic rings. The molecule has 0 amide bonds. The van der Waals surface area contributed by atoms with Crippen LogP contribution >= 0.6 is 15.9 Å². The molecule has 0 saturated carbocycles. The van der Waals surface area contributed by atoms with E-state index in [1.54, 1.807) is 0 Å². The van der Waals surface area contributed by atoms with Crippen molar-refractivity contribution in [3.8, 4) is 11.4 Å². The molecule has 1 aromatic carbocycles. The molecule has 1 heterocycles. The van der Waals surface area contributed by atoms with Crippen LogP contribution in [0.2, 0.25) is 0 Å². The van der Waals surface area contributed by atoms with E-state index in [4.69, 9.17) is 10.8 Å². The number of hydrogen-bond donors (Lipinski definition) is 2. The van der Waals surface area contributed by atoms with Gasteiger partial charge in [0.15, 0.2) is 5.82 Å². The third-order valence-corrected chi connectivity index (χ3v) is 3.19. The largest absolute Gasteiger partial charge is 0.477 e. The van der Waals surface area contributed by atoms with E-state index in [0.29, 0.717) is 10.0 Å². The van der Waals surface area contributed by atoms with Crippen molar-refractivity contribution in [3.05, 3.63) is 39.7 Å². The molecular formula is C12H9BrFN3O2. The summed E-state index contributed by atoms with van der Waals surface area (Å²) < 4.78 is 13.8. The molecule has 19 heavy (non-hydrogen) atoms. The number of aryl methyl sites for hydroxylation is 1. The average molecular weight is 326 g/mol. The molecule has 0 spiro atoms. The van der Waals surface area contributed by atoms with Crippen molar-refractivity contribution >= 4 is 27.7 Å². The number of rotatable bonds is 2. The Kier molecular flexibility index (Phi) is 3.48. The lowest BCUT2D eigenvalue weighted by atomic mass is 10.1. The van der Waals surface area contributed by atoms with Gasteiger partial charge in [-0.2, -0.15) is 0 Å². The number of halogens is 2. The van der Waals surface area contributed by atoms with Crippen molar-refractivity contribution < 1.29 is 14.3 Å². The van der Waals surface area contributed by atoms with E-state index in [0.717, 1.165) is 0 Å². The molecule has 3 N–H and O–H groups in total. The Morgan fingerprint density at radius 2 is 2.11 bits per heavy atom. The molecule has 98 valence electrons. The van der Waals surface area contributed by atoms with Gasteiger partial charge in [0.25, 0.3) is 0 Å².